The maximum Gasteiger partial charge on any atom is 0.287 e. The number of nitrogens with one attached hydrogen (secondary N) is 1. The molecule has 1 aromatic carbocycles. The molecule has 3 N–H and O–H groups in total. The maximum absolute atomic E-state index is 12.4. The molecule has 0 aliphatic carbocycles. The van der Waals surface area contributed by atoms with Crippen LogP contribution < -0.4 is 5.73 Å². The van der Waals surface area contributed by atoms with Crippen molar-refractivity contribution >= 4 is 11.6 Å². The fraction of sp³-hybridized carbons (Fsp3) is 0.214. The van der Waals surface area contributed by atoms with Crippen LogP contribution in [0.2, 0.25) is 0 Å². The van der Waals surface area contributed by atoms with Crippen LogP contribution in [-0.2, 0) is 6.54 Å². The lowest BCUT2D eigenvalue weighted by Crippen LogP contribution is -2.35. The molecule has 0 spiro atoms. The lowest BCUT2D eigenvalue weighted by atomic mass is 10.2. The average molecular weight is 288 g/mol. The highest BCUT2D eigenvalue weighted by molar-refractivity contribution is 5.93. The number of H-pyrrole nitrogens is 1. The van der Waals surface area contributed by atoms with Crippen molar-refractivity contribution in [2.45, 2.75) is 6.54 Å². The number of carbonyl (C=O) groups is 1. The summed E-state index contributed by atoms with van der Waals surface area (Å²) in [6.45, 7) is 1.10. The van der Waals surface area contributed by atoms with E-state index in [4.69, 9.17) is 5.73 Å². The zero-order valence-corrected chi connectivity index (χ0v) is 11.4. The van der Waals surface area contributed by atoms with Gasteiger partial charge < -0.3 is 15.6 Å². The molecule has 0 aliphatic rings. The van der Waals surface area contributed by atoms with Gasteiger partial charge in [-0.25, -0.2) is 0 Å². The first-order valence-corrected chi connectivity index (χ1v) is 6.48. The maximum atomic E-state index is 12.4. The smallest absolute Gasteiger partial charge is 0.287 e. The van der Waals surface area contributed by atoms with E-state index in [2.05, 4.69) is 4.98 Å². The third-order valence-electron chi connectivity index (χ3n) is 3.01. The van der Waals surface area contributed by atoms with Gasteiger partial charge in [0.05, 0.1) is 11.1 Å². The van der Waals surface area contributed by atoms with Crippen molar-refractivity contribution in [3.05, 3.63) is 64.0 Å². The van der Waals surface area contributed by atoms with Crippen LogP contribution in [0.25, 0.3) is 0 Å². The van der Waals surface area contributed by atoms with Gasteiger partial charge in [-0.05, 0) is 5.56 Å². The number of hydrogen-bond donors (Lipinski definition) is 2. The first-order valence-electron chi connectivity index (χ1n) is 6.48. The van der Waals surface area contributed by atoms with Gasteiger partial charge in [-0.15, -0.1) is 0 Å². The van der Waals surface area contributed by atoms with Gasteiger partial charge in [-0.2, -0.15) is 0 Å². The molecule has 1 amide bonds. The molecule has 7 heteroatoms. The zero-order chi connectivity index (χ0) is 15.2. The Morgan fingerprint density at radius 3 is 2.62 bits per heavy atom. The Kier molecular flexibility index (Phi) is 4.68. The van der Waals surface area contributed by atoms with Crippen LogP contribution in [0.1, 0.15) is 16.1 Å². The first-order chi connectivity index (χ1) is 10.1. The van der Waals surface area contributed by atoms with Crippen LogP contribution >= 0.6 is 0 Å². The molecule has 7 nitrogen and oxygen atoms in total. The summed E-state index contributed by atoms with van der Waals surface area (Å²) in [6.07, 6.45) is 1.20. The lowest BCUT2D eigenvalue weighted by Gasteiger charge is -2.21. The molecular formula is C14H16N4O3. The summed E-state index contributed by atoms with van der Waals surface area (Å²) >= 11 is 0. The standard InChI is InChI=1S/C14H16N4O3/c15-6-7-17(10-11-4-2-1-3-5-11)14(19)13-8-12(9-16-13)18(20)21/h1-5,8-9,16H,6-7,10,15H2. The molecule has 0 fully saturated rings. The van der Waals surface area contributed by atoms with Gasteiger partial charge >= 0.3 is 0 Å². The van der Waals surface area contributed by atoms with Crippen molar-refractivity contribution in [1.82, 2.24) is 9.88 Å². The Bertz CT molecular complexity index is 624. The Labute approximate surface area is 121 Å². The normalized spacial score (nSPS) is 10.3. The summed E-state index contributed by atoms with van der Waals surface area (Å²) < 4.78 is 0. The molecule has 0 atom stereocenters. The monoisotopic (exact) mass is 288 g/mol. The molecule has 1 heterocycles. The SMILES string of the molecule is NCCN(Cc1ccccc1)C(=O)c1cc([N+](=O)[O-])c[nH]1. The van der Waals surface area contributed by atoms with Crippen LogP contribution in [0.15, 0.2) is 42.6 Å². The van der Waals surface area contributed by atoms with Gasteiger partial charge in [0.15, 0.2) is 0 Å². The quantitative estimate of drug-likeness (QED) is 0.621. The molecule has 0 saturated carbocycles. The number of carbonyl (C=O) groups excluding carboxylic acids is 1. The predicted octanol–water partition coefficient (Wildman–Crippen LogP) is 1.52. The van der Waals surface area contributed by atoms with Gasteiger partial charge in [0.2, 0.25) is 0 Å². The number of amides is 1. The minimum absolute atomic E-state index is 0.134. The Hall–Kier alpha value is -2.67. The third kappa shape index (κ3) is 3.67. The second-order valence-corrected chi connectivity index (χ2v) is 4.53. The minimum Gasteiger partial charge on any atom is -0.351 e. The number of nitrogens with two attached hydrogens (primary N) is 1. The van der Waals surface area contributed by atoms with Gasteiger partial charge in [0.25, 0.3) is 11.6 Å². The third-order valence-corrected chi connectivity index (χ3v) is 3.01. The van der Waals surface area contributed by atoms with Crippen molar-refractivity contribution in [2.75, 3.05) is 13.1 Å². The number of rotatable bonds is 6. The van der Waals surface area contributed by atoms with E-state index in [9.17, 15) is 14.9 Å². The van der Waals surface area contributed by atoms with Crippen molar-refractivity contribution in [3.63, 3.8) is 0 Å². The number of nitrogens with zero attached hydrogens (tertiary/aromatic N) is 2. The summed E-state index contributed by atoms with van der Waals surface area (Å²) in [5.41, 5.74) is 6.57. The molecule has 21 heavy (non-hydrogen) atoms. The number of nitro groups is 1. The summed E-state index contributed by atoms with van der Waals surface area (Å²) in [4.78, 5) is 26.7. The molecule has 2 rings (SSSR count). The van der Waals surface area contributed by atoms with Crippen LogP contribution in [0.4, 0.5) is 5.69 Å². The predicted molar refractivity (Wildman–Crippen MR) is 77.7 cm³/mol. The highest BCUT2D eigenvalue weighted by Gasteiger charge is 2.20. The lowest BCUT2D eigenvalue weighted by molar-refractivity contribution is -0.384. The number of hydrogen-bond acceptors (Lipinski definition) is 4. The molecule has 1 aromatic heterocycles. The van der Waals surface area contributed by atoms with E-state index in [1.807, 2.05) is 30.3 Å². The van der Waals surface area contributed by atoms with Crippen molar-refractivity contribution < 1.29 is 9.72 Å². The molecule has 110 valence electrons. The molecule has 0 bridgehead atoms. The number of benzene rings is 1. The number of aromatic nitrogens is 1. The van der Waals surface area contributed by atoms with Crippen molar-refractivity contribution in [1.29, 1.82) is 0 Å². The van der Waals surface area contributed by atoms with Crippen molar-refractivity contribution in [2.24, 2.45) is 5.73 Å². The van der Waals surface area contributed by atoms with Crippen LogP contribution in [0.3, 0.4) is 0 Å². The topological polar surface area (TPSA) is 105 Å². The van der Waals surface area contributed by atoms with E-state index in [0.717, 1.165) is 5.56 Å². The minimum atomic E-state index is -0.544. The largest absolute Gasteiger partial charge is 0.351 e. The Morgan fingerprint density at radius 2 is 2.05 bits per heavy atom. The van der Waals surface area contributed by atoms with Gasteiger partial charge in [0.1, 0.15) is 5.69 Å². The fourth-order valence-electron chi connectivity index (χ4n) is 1.99. The second-order valence-electron chi connectivity index (χ2n) is 4.53. The van der Waals surface area contributed by atoms with E-state index in [-0.39, 0.29) is 17.3 Å². The highest BCUT2D eigenvalue weighted by atomic mass is 16.6. The van der Waals surface area contributed by atoms with E-state index >= 15 is 0 Å². The summed E-state index contributed by atoms with van der Waals surface area (Å²) in [6, 6.07) is 10.7. The van der Waals surface area contributed by atoms with E-state index < -0.39 is 4.92 Å². The van der Waals surface area contributed by atoms with E-state index in [0.29, 0.717) is 19.6 Å². The van der Waals surface area contributed by atoms with Crippen LogP contribution in [-0.4, -0.2) is 33.8 Å². The van der Waals surface area contributed by atoms with E-state index in [1.165, 1.54) is 12.3 Å². The second kappa shape index (κ2) is 6.67. The summed E-state index contributed by atoms with van der Waals surface area (Å²) in [5, 5.41) is 10.7. The molecule has 0 radical (unpaired) electrons. The Morgan fingerprint density at radius 1 is 1.33 bits per heavy atom. The molecule has 0 saturated heterocycles. The average Bonchev–Trinajstić information content (AvgIpc) is 2.97. The summed E-state index contributed by atoms with van der Waals surface area (Å²) in [7, 11) is 0. The van der Waals surface area contributed by atoms with Gasteiger partial charge in [-0.3, -0.25) is 14.9 Å². The van der Waals surface area contributed by atoms with Crippen molar-refractivity contribution in [3.8, 4) is 0 Å². The molecule has 0 aliphatic heterocycles. The van der Waals surface area contributed by atoms with Crippen LogP contribution in [0.5, 0.6) is 0 Å². The number of aromatic amines is 1. The fourth-order valence-corrected chi connectivity index (χ4v) is 1.99. The van der Waals surface area contributed by atoms with Crippen LogP contribution in [0, 0.1) is 10.1 Å². The zero-order valence-electron chi connectivity index (χ0n) is 11.4. The molecule has 0 unspecified atom stereocenters. The van der Waals surface area contributed by atoms with Gasteiger partial charge in [0, 0.05) is 25.7 Å². The highest BCUT2D eigenvalue weighted by Crippen LogP contribution is 2.15. The van der Waals surface area contributed by atoms with E-state index in [1.54, 1.807) is 4.90 Å². The molecule has 2 aromatic rings. The summed E-state index contributed by atoms with van der Waals surface area (Å²) in [5.74, 6) is -0.308. The molecular weight excluding hydrogens is 272 g/mol. The first kappa shape index (κ1) is 14.7. The van der Waals surface area contributed by atoms with Gasteiger partial charge in [-0.1, -0.05) is 30.3 Å². The Balaban J connectivity index is 2.16.